The first-order chi connectivity index (χ1) is 8.87. The van der Waals surface area contributed by atoms with Crippen LogP contribution < -0.4 is 0 Å². The average molecular weight is 288 g/mol. The molecular weight excluding hydrogens is 268 g/mol. The standard InChI is InChI=1S/C12H20N2O4S/c1-8-4-5-11(7-15)6-14(8)19(16,17)12-9(2)13-18-10(12)3/h8,11,15H,4-7H2,1-3H3. The van der Waals surface area contributed by atoms with Crippen molar-refractivity contribution < 1.29 is 18.0 Å². The zero-order chi connectivity index (χ0) is 14.2. The SMILES string of the molecule is Cc1noc(C)c1S(=O)(=O)N1CC(CO)CCC1C. The molecule has 2 heterocycles. The molecule has 19 heavy (non-hydrogen) atoms. The number of piperidine rings is 1. The highest BCUT2D eigenvalue weighted by molar-refractivity contribution is 7.89. The highest BCUT2D eigenvalue weighted by Gasteiger charge is 2.37. The number of aliphatic hydroxyl groups is 1. The van der Waals surface area contributed by atoms with Gasteiger partial charge in [-0.3, -0.25) is 0 Å². The second-order valence-electron chi connectivity index (χ2n) is 5.20. The van der Waals surface area contributed by atoms with Gasteiger partial charge in [0, 0.05) is 19.2 Å². The minimum absolute atomic E-state index is 0.00597. The van der Waals surface area contributed by atoms with Crippen molar-refractivity contribution >= 4 is 10.0 Å². The predicted molar refractivity (Wildman–Crippen MR) is 69.1 cm³/mol. The fourth-order valence-corrected chi connectivity index (χ4v) is 4.62. The molecule has 1 N–H and O–H groups in total. The van der Waals surface area contributed by atoms with Gasteiger partial charge in [0.25, 0.3) is 0 Å². The van der Waals surface area contributed by atoms with E-state index in [2.05, 4.69) is 5.16 Å². The van der Waals surface area contributed by atoms with E-state index in [9.17, 15) is 13.5 Å². The molecule has 6 nitrogen and oxygen atoms in total. The molecule has 1 aliphatic rings. The zero-order valence-electron chi connectivity index (χ0n) is 11.5. The van der Waals surface area contributed by atoms with Crippen LogP contribution in [0.15, 0.2) is 9.42 Å². The number of nitrogens with zero attached hydrogens (tertiary/aromatic N) is 2. The molecule has 2 atom stereocenters. The number of hydrogen-bond donors (Lipinski definition) is 1. The Morgan fingerprint density at radius 3 is 2.63 bits per heavy atom. The minimum Gasteiger partial charge on any atom is -0.396 e. The van der Waals surface area contributed by atoms with Crippen LogP contribution in [0.2, 0.25) is 0 Å². The number of hydrogen-bond acceptors (Lipinski definition) is 5. The van der Waals surface area contributed by atoms with Crippen LogP contribution >= 0.6 is 0 Å². The van der Waals surface area contributed by atoms with E-state index in [4.69, 9.17) is 4.52 Å². The van der Waals surface area contributed by atoms with Crippen LogP contribution in [0.1, 0.15) is 31.2 Å². The summed E-state index contributed by atoms with van der Waals surface area (Å²) in [5.74, 6) is 0.322. The van der Waals surface area contributed by atoms with E-state index in [1.807, 2.05) is 6.92 Å². The zero-order valence-corrected chi connectivity index (χ0v) is 12.3. The average Bonchev–Trinajstić information content (AvgIpc) is 2.70. The van der Waals surface area contributed by atoms with Gasteiger partial charge in [0.05, 0.1) is 0 Å². The first-order valence-electron chi connectivity index (χ1n) is 6.43. The van der Waals surface area contributed by atoms with Gasteiger partial charge in [-0.1, -0.05) is 5.16 Å². The molecule has 2 unspecified atom stereocenters. The Bertz CT molecular complexity index is 533. The lowest BCUT2D eigenvalue weighted by atomic mass is 9.96. The summed E-state index contributed by atoms with van der Waals surface area (Å²) < 4.78 is 31.8. The maximum Gasteiger partial charge on any atom is 0.248 e. The fourth-order valence-electron chi connectivity index (χ4n) is 2.59. The maximum atomic E-state index is 12.7. The first-order valence-corrected chi connectivity index (χ1v) is 7.87. The van der Waals surface area contributed by atoms with Gasteiger partial charge in [0.15, 0.2) is 5.76 Å². The molecule has 0 bridgehead atoms. The van der Waals surface area contributed by atoms with E-state index < -0.39 is 10.0 Å². The van der Waals surface area contributed by atoms with Crippen molar-refractivity contribution in [3.8, 4) is 0 Å². The quantitative estimate of drug-likeness (QED) is 0.899. The predicted octanol–water partition coefficient (Wildman–Crippen LogP) is 1.07. The largest absolute Gasteiger partial charge is 0.396 e. The highest BCUT2D eigenvalue weighted by atomic mass is 32.2. The molecule has 0 aromatic carbocycles. The van der Waals surface area contributed by atoms with Gasteiger partial charge in [0.1, 0.15) is 10.6 Å². The Hall–Kier alpha value is -0.920. The Morgan fingerprint density at radius 2 is 2.11 bits per heavy atom. The van der Waals surface area contributed by atoms with Crippen molar-refractivity contribution in [3.05, 3.63) is 11.5 Å². The normalized spacial score (nSPS) is 25.7. The molecule has 108 valence electrons. The van der Waals surface area contributed by atoms with E-state index in [0.717, 1.165) is 12.8 Å². The van der Waals surface area contributed by atoms with Crippen LogP contribution in [0, 0.1) is 19.8 Å². The highest BCUT2D eigenvalue weighted by Crippen LogP contribution is 2.30. The first kappa shape index (κ1) is 14.5. The number of aryl methyl sites for hydroxylation is 2. The fraction of sp³-hybridized carbons (Fsp3) is 0.750. The van der Waals surface area contributed by atoms with Gasteiger partial charge in [-0.05, 0) is 39.5 Å². The molecule has 1 aromatic heterocycles. The molecule has 1 aliphatic heterocycles. The maximum absolute atomic E-state index is 12.7. The molecule has 0 spiro atoms. The Kier molecular flexibility index (Phi) is 3.98. The molecule has 0 saturated carbocycles. The third-order valence-electron chi connectivity index (χ3n) is 3.72. The van der Waals surface area contributed by atoms with E-state index in [1.165, 1.54) is 4.31 Å². The molecule has 1 fully saturated rings. The third-order valence-corrected chi connectivity index (χ3v) is 5.94. The molecule has 1 saturated heterocycles. The number of sulfonamides is 1. The summed E-state index contributed by atoms with van der Waals surface area (Å²) in [4.78, 5) is 0.165. The van der Waals surface area contributed by atoms with E-state index in [0.29, 0.717) is 18.0 Å². The molecule has 7 heteroatoms. The van der Waals surface area contributed by atoms with Gasteiger partial charge >= 0.3 is 0 Å². The van der Waals surface area contributed by atoms with E-state index in [1.54, 1.807) is 13.8 Å². The second kappa shape index (κ2) is 5.22. The molecule has 0 amide bonds. The van der Waals surface area contributed by atoms with Gasteiger partial charge in [-0.25, -0.2) is 8.42 Å². The Morgan fingerprint density at radius 1 is 1.42 bits per heavy atom. The molecular formula is C12H20N2O4S. The monoisotopic (exact) mass is 288 g/mol. The topological polar surface area (TPSA) is 83.6 Å². The summed E-state index contributed by atoms with van der Waals surface area (Å²) in [5, 5.41) is 13.0. The van der Waals surface area contributed by atoms with Crippen molar-refractivity contribution in [2.24, 2.45) is 5.92 Å². The van der Waals surface area contributed by atoms with Gasteiger partial charge in [-0.2, -0.15) is 4.31 Å². The lowest BCUT2D eigenvalue weighted by Crippen LogP contribution is -2.46. The van der Waals surface area contributed by atoms with Gasteiger partial charge in [-0.15, -0.1) is 0 Å². The smallest absolute Gasteiger partial charge is 0.248 e. The van der Waals surface area contributed by atoms with E-state index >= 15 is 0 Å². The van der Waals surface area contributed by atoms with E-state index in [-0.39, 0.29) is 23.5 Å². The summed E-state index contributed by atoms with van der Waals surface area (Å²) in [6.45, 7) is 5.49. The number of aromatic nitrogens is 1. The summed E-state index contributed by atoms with van der Waals surface area (Å²) in [7, 11) is -3.61. The summed E-state index contributed by atoms with van der Waals surface area (Å²) in [5.41, 5.74) is 0.385. The Balaban J connectivity index is 2.38. The van der Waals surface area contributed by atoms with Crippen molar-refractivity contribution in [2.45, 2.75) is 44.6 Å². The van der Waals surface area contributed by atoms with Crippen molar-refractivity contribution in [3.63, 3.8) is 0 Å². The number of rotatable bonds is 3. The lowest BCUT2D eigenvalue weighted by molar-refractivity contribution is 0.139. The molecule has 1 aromatic rings. The molecule has 0 aliphatic carbocycles. The van der Waals surface area contributed by atoms with Crippen LogP contribution in [-0.2, 0) is 10.0 Å². The summed E-state index contributed by atoms with van der Waals surface area (Å²) in [6, 6.07) is -0.0681. The molecule has 0 radical (unpaired) electrons. The van der Waals surface area contributed by atoms with Crippen molar-refractivity contribution in [1.82, 2.24) is 9.46 Å². The van der Waals surface area contributed by atoms with Crippen LogP contribution in [0.25, 0.3) is 0 Å². The van der Waals surface area contributed by atoms with Crippen LogP contribution in [0.5, 0.6) is 0 Å². The summed E-state index contributed by atoms with van der Waals surface area (Å²) in [6.07, 6.45) is 1.61. The van der Waals surface area contributed by atoms with Crippen LogP contribution in [0.4, 0.5) is 0 Å². The van der Waals surface area contributed by atoms with Crippen molar-refractivity contribution in [2.75, 3.05) is 13.2 Å². The third kappa shape index (κ3) is 2.54. The van der Waals surface area contributed by atoms with Gasteiger partial charge in [0.2, 0.25) is 10.0 Å². The van der Waals surface area contributed by atoms with Crippen LogP contribution in [-0.4, -0.2) is 42.2 Å². The van der Waals surface area contributed by atoms with Gasteiger partial charge < -0.3 is 9.63 Å². The summed E-state index contributed by atoms with van der Waals surface area (Å²) >= 11 is 0. The number of aliphatic hydroxyl groups excluding tert-OH is 1. The van der Waals surface area contributed by atoms with Crippen molar-refractivity contribution in [1.29, 1.82) is 0 Å². The lowest BCUT2D eigenvalue weighted by Gasteiger charge is -2.36. The second-order valence-corrected chi connectivity index (χ2v) is 7.03. The minimum atomic E-state index is -3.61. The molecule has 2 rings (SSSR count). The van der Waals surface area contributed by atoms with Crippen LogP contribution in [0.3, 0.4) is 0 Å². The Labute approximate surface area is 113 Å².